The van der Waals surface area contributed by atoms with E-state index in [9.17, 15) is 0 Å². The molecule has 102 valence electrons. The zero-order valence-electron chi connectivity index (χ0n) is 11.1. The zero-order valence-corrected chi connectivity index (χ0v) is 11.9. The molecule has 0 radical (unpaired) electrons. The average molecular weight is 269 g/mol. The number of piperidine rings is 1. The quantitative estimate of drug-likeness (QED) is 0.890. The van der Waals surface area contributed by atoms with Crippen LogP contribution in [0.15, 0.2) is 30.3 Å². The summed E-state index contributed by atoms with van der Waals surface area (Å²) in [6, 6.07) is 11.5. The van der Waals surface area contributed by atoms with Crippen molar-refractivity contribution in [3.63, 3.8) is 0 Å². The Balaban J connectivity index is 0.00000162. The van der Waals surface area contributed by atoms with Crippen LogP contribution in [0.4, 0.5) is 0 Å². The first-order chi connectivity index (χ1) is 8.40. The lowest BCUT2D eigenvalue weighted by Crippen LogP contribution is -2.41. The Morgan fingerprint density at radius 3 is 2.67 bits per heavy atom. The van der Waals surface area contributed by atoms with E-state index in [-0.39, 0.29) is 12.4 Å². The molecule has 0 aliphatic carbocycles. The second-order valence-electron chi connectivity index (χ2n) is 5.00. The van der Waals surface area contributed by atoms with E-state index in [0.29, 0.717) is 0 Å². The molecule has 1 heterocycles. The van der Waals surface area contributed by atoms with E-state index in [4.69, 9.17) is 5.73 Å². The Morgan fingerprint density at radius 1 is 1.17 bits per heavy atom. The summed E-state index contributed by atoms with van der Waals surface area (Å²) in [7, 11) is 0. The highest BCUT2D eigenvalue weighted by atomic mass is 35.5. The van der Waals surface area contributed by atoms with Crippen molar-refractivity contribution in [3.8, 4) is 0 Å². The Kier molecular flexibility index (Phi) is 7.33. The van der Waals surface area contributed by atoms with E-state index in [0.717, 1.165) is 19.0 Å². The van der Waals surface area contributed by atoms with Gasteiger partial charge in [0.2, 0.25) is 0 Å². The van der Waals surface area contributed by atoms with Crippen molar-refractivity contribution in [2.24, 2.45) is 5.73 Å². The molecule has 1 aromatic carbocycles. The van der Waals surface area contributed by atoms with Crippen LogP contribution in [-0.2, 0) is 6.42 Å². The van der Waals surface area contributed by atoms with Crippen LogP contribution in [-0.4, -0.2) is 30.6 Å². The summed E-state index contributed by atoms with van der Waals surface area (Å²) in [4.78, 5) is 2.64. The number of halogens is 1. The fraction of sp³-hybridized carbons (Fsp3) is 0.600. The molecular weight excluding hydrogens is 244 g/mol. The predicted octanol–water partition coefficient (Wildman–Crippen LogP) is 2.85. The minimum Gasteiger partial charge on any atom is -0.330 e. The molecular formula is C15H25ClN2. The normalized spacial score (nSPS) is 20.4. The molecule has 0 bridgehead atoms. The van der Waals surface area contributed by atoms with Gasteiger partial charge in [0.1, 0.15) is 0 Å². The minimum absolute atomic E-state index is 0. The van der Waals surface area contributed by atoms with Crippen LogP contribution in [0.25, 0.3) is 0 Å². The smallest absolute Gasteiger partial charge is 0.0107 e. The molecule has 18 heavy (non-hydrogen) atoms. The number of hydrogen-bond acceptors (Lipinski definition) is 2. The van der Waals surface area contributed by atoms with Crippen LogP contribution < -0.4 is 5.73 Å². The zero-order chi connectivity index (χ0) is 11.9. The predicted molar refractivity (Wildman–Crippen MR) is 80.3 cm³/mol. The molecule has 0 saturated carbocycles. The Labute approximate surface area is 117 Å². The Hall–Kier alpha value is -0.570. The SMILES string of the molecule is Cl.NCCC1CCCCN1CCc1ccccc1. The first-order valence-corrected chi connectivity index (χ1v) is 6.88. The molecule has 1 saturated heterocycles. The summed E-state index contributed by atoms with van der Waals surface area (Å²) in [5.41, 5.74) is 7.15. The number of likely N-dealkylation sites (tertiary alicyclic amines) is 1. The van der Waals surface area contributed by atoms with Crippen LogP contribution in [0.2, 0.25) is 0 Å². The fourth-order valence-electron chi connectivity index (χ4n) is 2.79. The summed E-state index contributed by atoms with van der Waals surface area (Å²) < 4.78 is 0. The number of hydrogen-bond donors (Lipinski definition) is 1. The van der Waals surface area contributed by atoms with Crippen molar-refractivity contribution in [1.82, 2.24) is 4.90 Å². The molecule has 1 aromatic rings. The van der Waals surface area contributed by atoms with Gasteiger partial charge in [0, 0.05) is 12.6 Å². The summed E-state index contributed by atoms with van der Waals surface area (Å²) in [6.45, 7) is 3.28. The minimum atomic E-state index is 0. The highest BCUT2D eigenvalue weighted by Crippen LogP contribution is 2.19. The number of nitrogens with zero attached hydrogens (tertiary/aromatic N) is 1. The van der Waals surface area contributed by atoms with Crippen molar-refractivity contribution in [2.75, 3.05) is 19.6 Å². The van der Waals surface area contributed by atoms with E-state index in [1.54, 1.807) is 0 Å². The van der Waals surface area contributed by atoms with Gasteiger partial charge < -0.3 is 10.6 Å². The van der Waals surface area contributed by atoms with Gasteiger partial charge in [0.25, 0.3) is 0 Å². The molecule has 2 N–H and O–H groups in total. The van der Waals surface area contributed by atoms with Gasteiger partial charge >= 0.3 is 0 Å². The topological polar surface area (TPSA) is 29.3 Å². The lowest BCUT2D eigenvalue weighted by atomic mass is 9.98. The molecule has 0 aromatic heterocycles. The summed E-state index contributed by atoms with van der Waals surface area (Å²) >= 11 is 0. The van der Waals surface area contributed by atoms with Gasteiger partial charge in [0.15, 0.2) is 0 Å². The Bertz CT molecular complexity index is 314. The molecule has 1 aliphatic rings. The Morgan fingerprint density at radius 2 is 1.94 bits per heavy atom. The average Bonchev–Trinajstić information content (AvgIpc) is 2.39. The molecule has 1 aliphatic heterocycles. The molecule has 2 rings (SSSR count). The van der Waals surface area contributed by atoms with Crippen molar-refractivity contribution in [2.45, 2.75) is 38.1 Å². The largest absolute Gasteiger partial charge is 0.330 e. The van der Waals surface area contributed by atoms with E-state index in [2.05, 4.69) is 35.2 Å². The molecule has 2 nitrogen and oxygen atoms in total. The molecule has 0 spiro atoms. The van der Waals surface area contributed by atoms with E-state index in [1.807, 2.05) is 0 Å². The highest BCUT2D eigenvalue weighted by molar-refractivity contribution is 5.85. The highest BCUT2D eigenvalue weighted by Gasteiger charge is 2.20. The second kappa shape index (κ2) is 8.52. The van der Waals surface area contributed by atoms with Crippen LogP contribution in [0.3, 0.4) is 0 Å². The number of rotatable bonds is 5. The molecule has 0 amide bonds. The number of nitrogens with two attached hydrogens (primary N) is 1. The van der Waals surface area contributed by atoms with Gasteiger partial charge in [-0.25, -0.2) is 0 Å². The van der Waals surface area contributed by atoms with Gasteiger partial charge in [-0.3, -0.25) is 0 Å². The fourth-order valence-corrected chi connectivity index (χ4v) is 2.79. The second-order valence-corrected chi connectivity index (χ2v) is 5.00. The van der Waals surface area contributed by atoms with Gasteiger partial charge in [0.05, 0.1) is 0 Å². The van der Waals surface area contributed by atoms with Gasteiger partial charge in [-0.15, -0.1) is 12.4 Å². The standard InChI is InChI=1S/C15H24N2.ClH/c16-11-9-15-8-4-5-12-17(15)13-10-14-6-2-1-3-7-14;/h1-3,6-7,15H,4-5,8-13,16H2;1H. The van der Waals surface area contributed by atoms with E-state index in [1.165, 1.54) is 44.3 Å². The van der Waals surface area contributed by atoms with Gasteiger partial charge in [-0.1, -0.05) is 36.8 Å². The van der Waals surface area contributed by atoms with Crippen molar-refractivity contribution in [3.05, 3.63) is 35.9 Å². The summed E-state index contributed by atoms with van der Waals surface area (Å²) in [5, 5.41) is 0. The van der Waals surface area contributed by atoms with Crippen LogP contribution >= 0.6 is 12.4 Å². The first kappa shape index (κ1) is 15.5. The lowest BCUT2D eigenvalue weighted by Gasteiger charge is -2.35. The lowest BCUT2D eigenvalue weighted by molar-refractivity contribution is 0.144. The first-order valence-electron chi connectivity index (χ1n) is 6.88. The van der Waals surface area contributed by atoms with Crippen molar-refractivity contribution >= 4 is 12.4 Å². The van der Waals surface area contributed by atoms with Crippen LogP contribution in [0.1, 0.15) is 31.2 Å². The van der Waals surface area contributed by atoms with Crippen LogP contribution in [0.5, 0.6) is 0 Å². The third-order valence-electron chi connectivity index (χ3n) is 3.78. The molecule has 3 heteroatoms. The summed E-state index contributed by atoms with van der Waals surface area (Å²) in [5.74, 6) is 0. The molecule has 1 fully saturated rings. The maximum Gasteiger partial charge on any atom is 0.0107 e. The monoisotopic (exact) mass is 268 g/mol. The third-order valence-corrected chi connectivity index (χ3v) is 3.78. The summed E-state index contributed by atoms with van der Waals surface area (Å²) in [6.07, 6.45) is 6.41. The van der Waals surface area contributed by atoms with E-state index < -0.39 is 0 Å². The maximum atomic E-state index is 5.70. The van der Waals surface area contributed by atoms with E-state index >= 15 is 0 Å². The van der Waals surface area contributed by atoms with Gasteiger partial charge in [-0.2, -0.15) is 0 Å². The maximum absolute atomic E-state index is 5.70. The molecule has 1 unspecified atom stereocenters. The van der Waals surface area contributed by atoms with Crippen LogP contribution in [0, 0.1) is 0 Å². The molecule has 1 atom stereocenters. The number of benzene rings is 1. The van der Waals surface area contributed by atoms with Gasteiger partial charge in [-0.05, 0) is 44.3 Å². The van der Waals surface area contributed by atoms with Crippen molar-refractivity contribution < 1.29 is 0 Å². The third kappa shape index (κ3) is 4.60. The van der Waals surface area contributed by atoms with Crippen molar-refractivity contribution in [1.29, 1.82) is 0 Å².